The molecule has 0 amide bonds. The Hall–Kier alpha value is -0.0800. The fourth-order valence-electron chi connectivity index (χ4n) is 1.93. The summed E-state index contributed by atoms with van der Waals surface area (Å²) >= 11 is 0. The first kappa shape index (κ1) is 11.0. The zero-order chi connectivity index (χ0) is 9.90. The van der Waals surface area contributed by atoms with E-state index in [0.717, 1.165) is 6.04 Å². The molecular weight excluding hydrogens is 160 g/mol. The first-order valence-corrected chi connectivity index (χ1v) is 5.47. The quantitative estimate of drug-likeness (QED) is 0.715. The van der Waals surface area contributed by atoms with Crippen LogP contribution in [0, 0.1) is 5.41 Å². The lowest BCUT2D eigenvalue weighted by Gasteiger charge is -2.29. The van der Waals surface area contributed by atoms with Crippen LogP contribution in [-0.4, -0.2) is 37.6 Å². The number of hydrogen-bond donors (Lipinski definition) is 1. The molecule has 0 spiro atoms. The Labute approximate surface area is 82.7 Å². The van der Waals surface area contributed by atoms with Gasteiger partial charge in [0.05, 0.1) is 0 Å². The van der Waals surface area contributed by atoms with Crippen molar-refractivity contribution in [2.75, 3.05) is 26.7 Å². The molecule has 0 aromatic carbocycles. The summed E-state index contributed by atoms with van der Waals surface area (Å²) in [5, 5.41) is 3.36. The van der Waals surface area contributed by atoms with Gasteiger partial charge in [0.25, 0.3) is 0 Å². The van der Waals surface area contributed by atoms with E-state index in [2.05, 4.69) is 38.0 Å². The second-order valence-corrected chi connectivity index (χ2v) is 5.03. The topological polar surface area (TPSA) is 15.3 Å². The van der Waals surface area contributed by atoms with Crippen LogP contribution in [0.15, 0.2) is 0 Å². The SMILES string of the molecule is CCC(C)(C)CN1CCC(NC)C1. The van der Waals surface area contributed by atoms with Gasteiger partial charge >= 0.3 is 0 Å². The van der Waals surface area contributed by atoms with Crippen LogP contribution < -0.4 is 5.32 Å². The fourth-order valence-corrected chi connectivity index (χ4v) is 1.93. The van der Waals surface area contributed by atoms with Gasteiger partial charge < -0.3 is 10.2 Å². The van der Waals surface area contributed by atoms with Gasteiger partial charge in [0.15, 0.2) is 0 Å². The summed E-state index contributed by atoms with van der Waals surface area (Å²) in [6.45, 7) is 10.8. The van der Waals surface area contributed by atoms with E-state index in [9.17, 15) is 0 Å². The lowest BCUT2D eigenvalue weighted by molar-refractivity contribution is 0.201. The molecule has 13 heavy (non-hydrogen) atoms. The standard InChI is InChI=1S/C11H24N2/c1-5-11(2,3)9-13-7-6-10(8-13)12-4/h10,12H,5-9H2,1-4H3. The summed E-state index contributed by atoms with van der Waals surface area (Å²) < 4.78 is 0. The maximum atomic E-state index is 3.36. The van der Waals surface area contributed by atoms with Crippen molar-refractivity contribution in [2.24, 2.45) is 5.41 Å². The molecule has 1 heterocycles. The van der Waals surface area contributed by atoms with E-state index in [1.165, 1.54) is 32.5 Å². The van der Waals surface area contributed by atoms with E-state index in [1.54, 1.807) is 0 Å². The highest BCUT2D eigenvalue weighted by molar-refractivity contribution is 4.83. The van der Waals surface area contributed by atoms with Crippen molar-refractivity contribution in [3.05, 3.63) is 0 Å². The molecule has 0 aromatic rings. The molecule has 1 atom stereocenters. The Balaban J connectivity index is 2.31. The van der Waals surface area contributed by atoms with Crippen molar-refractivity contribution in [1.82, 2.24) is 10.2 Å². The van der Waals surface area contributed by atoms with E-state index < -0.39 is 0 Å². The molecule has 0 radical (unpaired) electrons. The lowest BCUT2D eigenvalue weighted by Crippen LogP contribution is -2.35. The maximum Gasteiger partial charge on any atom is 0.0204 e. The van der Waals surface area contributed by atoms with Gasteiger partial charge in [-0.1, -0.05) is 20.8 Å². The molecule has 78 valence electrons. The molecule has 0 aliphatic carbocycles. The Kier molecular flexibility index (Phi) is 3.74. The van der Waals surface area contributed by atoms with Crippen molar-refractivity contribution < 1.29 is 0 Å². The second-order valence-electron chi connectivity index (χ2n) is 5.03. The normalized spacial score (nSPS) is 25.4. The fraction of sp³-hybridized carbons (Fsp3) is 1.00. The number of nitrogens with one attached hydrogen (secondary N) is 1. The number of hydrogen-bond acceptors (Lipinski definition) is 2. The third kappa shape index (κ3) is 3.28. The third-order valence-electron chi connectivity index (χ3n) is 3.29. The Morgan fingerprint density at radius 1 is 1.46 bits per heavy atom. The van der Waals surface area contributed by atoms with Gasteiger partial charge in [-0.05, 0) is 31.8 Å². The highest BCUT2D eigenvalue weighted by atomic mass is 15.2. The van der Waals surface area contributed by atoms with Crippen molar-refractivity contribution in [1.29, 1.82) is 0 Å². The summed E-state index contributed by atoms with van der Waals surface area (Å²) in [6.07, 6.45) is 2.59. The Morgan fingerprint density at radius 3 is 2.62 bits per heavy atom. The molecule has 1 N–H and O–H groups in total. The molecule has 1 unspecified atom stereocenters. The Morgan fingerprint density at radius 2 is 2.15 bits per heavy atom. The zero-order valence-corrected chi connectivity index (χ0v) is 9.56. The van der Waals surface area contributed by atoms with E-state index in [1.807, 2.05) is 0 Å². The average Bonchev–Trinajstić information content (AvgIpc) is 2.52. The molecule has 2 nitrogen and oxygen atoms in total. The highest BCUT2D eigenvalue weighted by Crippen LogP contribution is 2.23. The average molecular weight is 184 g/mol. The van der Waals surface area contributed by atoms with Crippen LogP contribution in [0.5, 0.6) is 0 Å². The molecule has 1 rings (SSSR count). The number of rotatable bonds is 4. The number of likely N-dealkylation sites (tertiary alicyclic amines) is 1. The second kappa shape index (κ2) is 4.43. The molecule has 0 bridgehead atoms. The molecule has 1 saturated heterocycles. The van der Waals surface area contributed by atoms with Gasteiger partial charge in [-0.2, -0.15) is 0 Å². The van der Waals surface area contributed by atoms with Gasteiger partial charge in [0.2, 0.25) is 0 Å². The first-order chi connectivity index (χ1) is 6.07. The summed E-state index contributed by atoms with van der Waals surface area (Å²) in [7, 11) is 2.07. The molecule has 0 aromatic heterocycles. The lowest BCUT2D eigenvalue weighted by atomic mass is 9.90. The smallest absolute Gasteiger partial charge is 0.0204 e. The summed E-state index contributed by atoms with van der Waals surface area (Å²) in [6, 6.07) is 0.729. The molecular formula is C11H24N2. The van der Waals surface area contributed by atoms with Crippen LogP contribution in [0.2, 0.25) is 0 Å². The van der Waals surface area contributed by atoms with Crippen molar-refractivity contribution in [3.63, 3.8) is 0 Å². The molecule has 1 aliphatic rings. The van der Waals surface area contributed by atoms with Crippen molar-refractivity contribution in [3.8, 4) is 0 Å². The summed E-state index contributed by atoms with van der Waals surface area (Å²) in [5.74, 6) is 0. The summed E-state index contributed by atoms with van der Waals surface area (Å²) in [5.41, 5.74) is 0.489. The van der Waals surface area contributed by atoms with Crippen LogP contribution in [0.1, 0.15) is 33.6 Å². The van der Waals surface area contributed by atoms with E-state index in [-0.39, 0.29) is 0 Å². The van der Waals surface area contributed by atoms with Crippen LogP contribution in [-0.2, 0) is 0 Å². The minimum absolute atomic E-state index is 0.489. The monoisotopic (exact) mass is 184 g/mol. The molecule has 0 saturated carbocycles. The van der Waals surface area contributed by atoms with Gasteiger partial charge in [-0.3, -0.25) is 0 Å². The van der Waals surface area contributed by atoms with Crippen molar-refractivity contribution in [2.45, 2.75) is 39.7 Å². The zero-order valence-electron chi connectivity index (χ0n) is 9.56. The predicted octanol–water partition coefficient (Wildman–Crippen LogP) is 1.72. The van der Waals surface area contributed by atoms with Gasteiger partial charge in [-0.15, -0.1) is 0 Å². The third-order valence-corrected chi connectivity index (χ3v) is 3.29. The Bertz CT molecular complexity index is 154. The maximum absolute atomic E-state index is 3.36. The number of nitrogens with zero attached hydrogens (tertiary/aromatic N) is 1. The van der Waals surface area contributed by atoms with Crippen LogP contribution in [0.3, 0.4) is 0 Å². The highest BCUT2D eigenvalue weighted by Gasteiger charge is 2.25. The van der Waals surface area contributed by atoms with E-state index in [4.69, 9.17) is 0 Å². The van der Waals surface area contributed by atoms with Gasteiger partial charge in [-0.25, -0.2) is 0 Å². The van der Waals surface area contributed by atoms with Crippen molar-refractivity contribution >= 4 is 0 Å². The predicted molar refractivity (Wildman–Crippen MR) is 58.0 cm³/mol. The molecule has 1 aliphatic heterocycles. The minimum Gasteiger partial charge on any atom is -0.316 e. The van der Waals surface area contributed by atoms with E-state index in [0.29, 0.717) is 5.41 Å². The van der Waals surface area contributed by atoms with Gasteiger partial charge in [0, 0.05) is 19.1 Å². The summed E-state index contributed by atoms with van der Waals surface area (Å²) in [4.78, 5) is 2.59. The number of likely N-dealkylation sites (N-methyl/N-ethyl adjacent to an activating group) is 1. The molecule has 2 heteroatoms. The first-order valence-electron chi connectivity index (χ1n) is 5.47. The van der Waals surface area contributed by atoms with Gasteiger partial charge in [0.1, 0.15) is 0 Å². The van der Waals surface area contributed by atoms with Crippen LogP contribution in [0.25, 0.3) is 0 Å². The van der Waals surface area contributed by atoms with Crippen LogP contribution in [0.4, 0.5) is 0 Å². The van der Waals surface area contributed by atoms with E-state index >= 15 is 0 Å². The minimum atomic E-state index is 0.489. The molecule has 1 fully saturated rings. The van der Waals surface area contributed by atoms with Crippen LogP contribution >= 0.6 is 0 Å². The largest absolute Gasteiger partial charge is 0.316 e.